The van der Waals surface area contributed by atoms with Gasteiger partial charge in [-0.25, -0.2) is 19.9 Å². The van der Waals surface area contributed by atoms with Crippen LogP contribution in [0.4, 0.5) is 11.6 Å². The van der Waals surface area contributed by atoms with Gasteiger partial charge in [0.25, 0.3) is 0 Å². The highest BCUT2D eigenvalue weighted by Gasteiger charge is 2.08. The fourth-order valence-corrected chi connectivity index (χ4v) is 2.69. The number of nitrogens with zero attached hydrogens (tertiary/aromatic N) is 4. The molecule has 0 aliphatic carbocycles. The Bertz CT molecular complexity index is 1050. The van der Waals surface area contributed by atoms with Crippen molar-refractivity contribution in [1.29, 1.82) is 0 Å². The smallest absolute Gasteiger partial charge is 0.218 e. The molecule has 0 spiro atoms. The Morgan fingerprint density at radius 1 is 0.926 bits per heavy atom. The molecule has 0 saturated heterocycles. The Kier molecular flexibility index (Phi) is 4.74. The Labute approximate surface area is 156 Å². The SMILES string of the molecule is Nc1ccc2c(NCc3cccnc3OCc3ccccc3)ncnc2n1. The van der Waals surface area contributed by atoms with Gasteiger partial charge in [-0.2, -0.15) is 0 Å². The quantitative estimate of drug-likeness (QED) is 0.546. The molecule has 3 heterocycles. The number of hydrogen-bond acceptors (Lipinski definition) is 7. The molecular formula is C20H18N6O. The van der Waals surface area contributed by atoms with Crippen molar-refractivity contribution in [3.05, 3.63) is 78.2 Å². The van der Waals surface area contributed by atoms with Crippen LogP contribution in [0.25, 0.3) is 11.0 Å². The van der Waals surface area contributed by atoms with Crippen LogP contribution in [0.2, 0.25) is 0 Å². The fourth-order valence-electron chi connectivity index (χ4n) is 2.69. The first-order chi connectivity index (χ1) is 13.3. The summed E-state index contributed by atoms with van der Waals surface area (Å²) in [7, 11) is 0. The van der Waals surface area contributed by atoms with Crippen molar-refractivity contribution in [2.24, 2.45) is 0 Å². The predicted octanol–water partition coefficient (Wildman–Crippen LogP) is 3.19. The Morgan fingerprint density at radius 2 is 1.81 bits per heavy atom. The van der Waals surface area contributed by atoms with E-state index in [4.69, 9.17) is 10.5 Å². The number of nitrogen functional groups attached to an aromatic ring is 1. The van der Waals surface area contributed by atoms with Crippen molar-refractivity contribution in [2.75, 3.05) is 11.1 Å². The maximum Gasteiger partial charge on any atom is 0.218 e. The largest absolute Gasteiger partial charge is 0.473 e. The van der Waals surface area contributed by atoms with Crippen molar-refractivity contribution in [3.8, 4) is 5.88 Å². The number of pyridine rings is 2. The van der Waals surface area contributed by atoms with Gasteiger partial charge >= 0.3 is 0 Å². The topological polar surface area (TPSA) is 98.8 Å². The van der Waals surface area contributed by atoms with E-state index in [0.29, 0.717) is 36.3 Å². The number of rotatable bonds is 6. The van der Waals surface area contributed by atoms with E-state index in [1.807, 2.05) is 48.5 Å². The Hall–Kier alpha value is -3.74. The minimum Gasteiger partial charge on any atom is -0.473 e. The summed E-state index contributed by atoms with van der Waals surface area (Å²) in [6.45, 7) is 0.971. The van der Waals surface area contributed by atoms with E-state index in [1.54, 1.807) is 12.3 Å². The molecular weight excluding hydrogens is 340 g/mol. The molecule has 0 fully saturated rings. The number of nitrogens with one attached hydrogen (secondary N) is 1. The highest BCUT2D eigenvalue weighted by atomic mass is 16.5. The zero-order valence-corrected chi connectivity index (χ0v) is 14.5. The van der Waals surface area contributed by atoms with Crippen LogP contribution in [-0.4, -0.2) is 19.9 Å². The van der Waals surface area contributed by atoms with Gasteiger partial charge in [0.15, 0.2) is 5.65 Å². The normalized spacial score (nSPS) is 10.7. The maximum absolute atomic E-state index is 5.90. The molecule has 0 atom stereocenters. The van der Waals surface area contributed by atoms with Crippen LogP contribution in [0.1, 0.15) is 11.1 Å². The van der Waals surface area contributed by atoms with Gasteiger partial charge in [0, 0.05) is 18.3 Å². The van der Waals surface area contributed by atoms with E-state index in [1.165, 1.54) is 6.33 Å². The lowest BCUT2D eigenvalue weighted by Crippen LogP contribution is -2.07. The molecule has 0 amide bonds. The number of aromatic nitrogens is 4. The fraction of sp³-hybridized carbons (Fsp3) is 0.100. The van der Waals surface area contributed by atoms with Crippen molar-refractivity contribution in [2.45, 2.75) is 13.2 Å². The number of hydrogen-bond donors (Lipinski definition) is 2. The van der Waals surface area contributed by atoms with Gasteiger partial charge in [0.05, 0.1) is 5.39 Å². The minimum atomic E-state index is 0.427. The first kappa shape index (κ1) is 16.7. The van der Waals surface area contributed by atoms with Gasteiger partial charge < -0.3 is 15.8 Å². The lowest BCUT2D eigenvalue weighted by molar-refractivity contribution is 0.291. The molecule has 0 radical (unpaired) electrons. The summed E-state index contributed by atoms with van der Waals surface area (Å²) < 4.78 is 5.90. The number of anilines is 2. The molecule has 1 aromatic carbocycles. The molecule has 3 aromatic heterocycles. The second-order valence-corrected chi connectivity index (χ2v) is 5.93. The minimum absolute atomic E-state index is 0.427. The number of ether oxygens (including phenoxy) is 1. The zero-order valence-electron chi connectivity index (χ0n) is 14.5. The van der Waals surface area contributed by atoms with E-state index >= 15 is 0 Å². The van der Waals surface area contributed by atoms with Crippen LogP contribution >= 0.6 is 0 Å². The zero-order chi connectivity index (χ0) is 18.5. The van der Waals surface area contributed by atoms with E-state index < -0.39 is 0 Å². The van der Waals surface area contributed by atoms with Gasteiger partial charge in [0.1, 0.15) is 24.6 Å². The molecule has 4 aromatic rings. The summed E-state index contributed by atoms with van der Waals surface area (Å²) in [6, 6.07) is 17.4. The molecule has 3 N–H and O–H groups in total. The maximum atomic E-state index is 5.90. The third-order valence-electron chi connectivity index (χ3n) is 4.03. The Balaban J connectivity index is 1.50. The standard InChI is InChI=1S/C20H18N6O/c21-17-9-8-16-18(24-13-25-19(16)26-17)23-11-15-7-4-10-22-20(15)27-12-14-5-2-1-3-6-14/h1-10,13H,11-12H2,(H3,21,23,24,25,26). The molecule has 4 rings (SSSR count). The summed E-state index contributed by atoms with van der Waals surface area (Å²) in [5, 5.41) is 4.12. The molecule has 0 aliphatic heterocycles. The number of benzene rings is 1. The van der Waals surface area contributed by atoms with E-state index in [-0.39, 0.29) is 0 Å². The van der Waals surface area contributed by atoms with E-state index in [0.717, 1.165) is 16.5 Å². The first-order valence-electron chi connectivity index (χ1n) is 8.51. The summed E-state index contributed by atoms with van der Waals surface area (Å²) in [5.41, 5.74) is 8.30. The van der Waals surface area contributed by atoms with Crippen LogP contribution in [0.3, 0.4) is 0 Å². The molecule has 7 heteroatoms. The average Bonchev–Trinajstić information content (AvgIpc) is 2.71. The first-order valence-corrected chi connectivity index (χ1v) is 8.51. The van der Waals surface area contributed by atoms with Crippen LogP contribution in [-0.2, 0) is 13.2 Å². The second-order valence-electron chi connectivity index (χ2n) is 5.93. The Morgan fingerprint density at radius 3 is 2.70 bits per heavy atom. The van der Waals surface area contributed by atoms with Crippen LogP contribution in [0.15, 0.2) is 67.1 Å². The summed E-state index contributed by atoms with van der Waals surface area (Å²) >= 11 is 0. The summed E-state index contributed by atoms with van der Waals surface area (Å²) in [5.74, 6) is 1.70. The molecule has 0 unspecified atom stereocenters. The third-order valence-corrected chi connectivity index (χ3v) is 4.03. The van der Waals surface area contributed by atoms with Crippen molar-refractivity contribution >= 4 is 22.7 Å². The van der Waals surface area contributed by atoms with E-state index in [9.17, 15) is 0 Å². The summed E-state index contributed by atoms with van der Waals surface area (Å²) in [6.07, 6.45) is 3.18. The molecule has 134 valence electrons. The monoisotopic (exact) mass is 358 g/mol. The highest BCUT2D eigenvalue weighted by Crippen LogP contribution is 2.21. The van der Waals surface area contributed by atoms with Gasteiger partial charge in [-0.05, 0) is 23.8 Å². The second kappa shape index (κ2) is 7.65. The molecule has 0 aliphatic rings. The summed E-state index contributed by atoms with van der Waals surface area (Å²) in [4.78, 5) is 17.0. The van der Waals surface area contributed by atoms with Gasteiger partial charge in [-0.1, -0.05) is 36.4 Å². The van der Waals surface area contributed by atoms with Crippen LogP contribution in [0, 0.1) is 0 Å². The highest BCUT2D eigenvalue weighted by molar-refractivity contribution is 5.87. The number of fused-ring (bicyclic) bond motifs is 1. The predicted molar refractivity (Wildman–Crippen MR) is 104 cm³/mol. The van der Waals surface area contributed by atoms with Crippen LogP contribution < -0.4 is 15.8 Å². The van der Waals surface area contributed by atoms with Gasteiger partial charge in [-0.3, -0.25) is 0 Å². The van der Waals surface area contributed by atoms with Crippen molar-refractivity contribution < 1.29 is 4.74 Å². The van der Waals surface area contributed by atoms with Crippen molar-refractivity contribution in [1.82, 2.24) is 19.9 Å². The molecule has 27 heavy (non-hydrogen) atoms. The van der Waals surface area contributed by atoms with Gasteiger partial charge in [-0.15, -0.1) is 0 Å². The molecule has 0 saturated carbocycles. The van der Waals surface area contributed by atoms with Crippen LogP contribution in [0.5, 0.6) is 5.88 Å². The molecule has 7 nitrogen and oxygen atoms in total. The number of nitrogens with two attached hydrogens (primary N) is 1. The average molecular weight is 358 g/mol. The van der Waals surface area contributed by atoms with Crippen molar-refractivity contribution in [3.63, 3.8) is 0 Å². The molecule has 0 bridgehead atoms. The third kappa shape index (κ3) is 3.92. The van der Waals surface area contributed by atoms with Gasteiger partial charge in [0.2, 0.25) is 5.88 Å². The van der Waals surface area contributed by atoms with E-state index in [2.05, 4.69) is 25.3 Å². The lowest BCUT2D eigenvalue weighted by Gasteiger charge is -2.12. The lowest BCUT2D eigenvalue weighted by atomic mass is 10.2.